The molecule has 0 radical (unpaired) electrons. The fourth-order valence-corrected chi connectivity index (χ4v) is 4.23. The second-order valence-corrected chi connectivity index (χ2v) is 9.42. The van der Waals surface area contributed by atoms with Crippen molar-refractivity contribution in [3.05, 3.63) is 53.6 Å². The summed E-state index contributed by atoms with van der Waals surface area (Å²) in [5.74, 6) is -3.66. The molecular weight excluding hydrogens is 446 g/mol. The lowest BCUT2D eigenvalue weighted by molar-refractivity contribution is -0.151. The summed E-state index contributed by atoms with van der Waals surface area (Å²) in [6.07, 6.45) is 3.57. The van der Waals surface area contributed by atoms with Crippen LogP contribution in [0.15, 0.2) is 47.4 Å². The van der Waals surface area contributed by atoms with Crippen LogP contribution in [0.3, 0.4) is 0 Å². The number of carbonyl (C=O) groups excluding carboxylic acids is 1. The van der Waals surface area contributed by atoms with E-state index in [1.165, 1.54) is 12.1 Å². The fourth-order valence-electron chi connectivity index (χ4n) is 2.94. The van der Waals surface area contributed by atoms with Crippen molar-refractivity contribution in [2.24, 2.45) is 0 Å². The molecule has 0 unspecified atom stereocenters. The average molecular weight is 461 g/mol. The van der Waals surface area contributed by atoms with Crippen molar-refractivity contribution in [2.45, 2.75) is 35.8 Å². The molecule has 3 rings (SSSR count). The van der Waals surface area contributed by atoms with E-state index in [2.05, 4.69) is 4.74 Å². The van der Waals surface area contributed by atoms with Crippen molar-refractivity contribution in [3.63, 3.8) is 0 Å². The summed E-state index contributed by atoms with van der Waals surface area (Å²) in [4.78, 5) is 10.7. The largest absolute Gasteiger partial charge is 0.743 e. The number of hydrogen-bond acceptors (Lipinski definition) is 8. The number of rotatable bonds is 6. The van der Waals surface area contributed by atoms with Crippen LogP contribution < -0.4 is 8.92 Å². The zero-order valence-electron chi connectivity index (χ0n) is 15.2. The predicted octanol–water partition coefficient (Wildman–Crippen LogP) is 2.38. The molecule has 0 aromatic heterocycles. The van der Waals surface area contributed by atoms with Crippen LogP contribution in [0.25, 0.3) is 0 Å². The SMILES string of the molecule is O=C(Oc1ccccc1S(=O)(=O)Oc1ccc2c(c1)CCCC2)C(F)(F)S(=O)(=O)[O-]. The minimum absolute atomic E-state index is 0.0238. The highest BCUT2D eigenvalue weighted by molar-refractivity contribution is 7.87. The third-order valence-corrected chi connectivity index (χ3v) is 6.48. The molecule has 8 nitrogen and oxygen atoms in total. The molecule has 0 bridgehead atoms. The first-order chi connectivity index (χ1) is 13.9. The van der Waals surface area contributed by atoms with Gasteiger partial charge in [0.2, 0.25) is 0 Å². The molecule has 2 aromatic rings. The summed E-state index contributed by atoms with van der Waals surface area (Å²) >= 11 is 0. The summed E-state index contributed by atoms with van der Waals surface area (Å²) in [6, 6.07) is 8.85. The van der Waals surface area contributed by atoms with Gasteiger partial charge in [0.15, 0.2) is 15.9 Å². The molecule has 162 valence electrons. The first-order valence-corrected chi connectivity index (χ1v) is 11.4. The molecular formula is C18H15F2O8S2-. The number of carbonyl (C=O) groups is 1. The van der Waals surface area contributed by atoms with Gasteiger partial charge in [-0.2, -0.15) is 17.2 Å². The Hall–Kier alpha value is -2.57. The van der Waals surface area contributed by atoms with E-state index in [-0.39, 0.29) is 5.75 Å². The second-order valence-electron chi connectivity index (χ2n) is 6.48. The molecule has 2 aromatic carbocycles. The van der Waals surface area contributed by atoms with Crippen molar-refractivity contribution in [3.8, 4) is 11.5 Å². The van der Waals surface area contributed by atoms with E-state index in [4.69, 9.17) is 4.18 Å². The van der Waals surface area contributed by atoms with Gasteiger partial charge in [-0.3, -0.25) is 0 Å². The van der Waals surface area contributed by atoms with Gasteiger partial charge in [-0.05, 0) is 61.1 Å². The maximum absolute atomic E-state index is 13.4. The second kappa shape index (κ2) is 7.93. The highest BCUT2D eigenvalue weighted by Crippen LogP contribution is 2.31. The predicted molar refractivity (Wildman–Crippen MR) is 97.6 cm³/mol. The van der Waals surface area contributed by atoms with Gasteiger partial charge in [-0.15, -0.1) is 0 Å². The van der Waals surface area contributed by atoms with E-state index in [1.54, 1.807) is 12.1 Å². The van der Waals surface area contributed by atoms with E-state index < -0.39 is 42.1 Å². The van der Waals surface area contributed by atoms with Crippen LogP contribution in [0.4, 0.5) is 8.78 Å². The van der Waals surface area contributed by atoms with Crippen LogP contribution in [0.2, 0.25) is 0 Å². The summed E-state index contributed by atoms with van der Waals surface area (Å²) in [5.41, 5.74) is 2.00. The van der Waals surface area contributed by atoms with Crippen molar-refractivity contribution in [2.75, 3.05) is 0 Å². The number of ether oxygens (including phenoxy) is 1. The normalized spacial score (nSPS) is 14.6. The van der Waals surface area contributed by atoms with E-state index in [9.17, 15) is 35.0 Å². The first-order valence-electron chi connectivity index (χ1n) is 8.63. The number of esters is 1. The molecule has 30 heavy (non-hydrogen) atoms. The van der Waals surface area contributed by atoms with Crippen LogP contribution >= 0.6 is 0 Å². The topological polar surface area (TPSA) is 127 Å². The van der Waals surface area contributed by atoms with Gasteiger partial charge in [0, 0.05) is 0 Å². The quantitative estimate of drug-likeness (QED) is 0.278. The van der Waals surface area contributed by atoms with Crippen LogP contribution in [0.5, 0.6) is 11.5 Å². The number of alkyl halides is 2. The van der Waals surface area contributed by atoms with E-state index in [0.717, 1.165) is 55.0 Å². The van der Waals surface area contributed by atoms with Crippen LogP contribution in [0, 0.1) is 0 Å². The lowest BCUT2D eigenvalue weighted by Crippen LogP contribution is -2.40. The van der Waals surface area contributed by atoms with Gasteiger partial charge in [0.1, 0.15) is 10.6 Å². The van der Waals surface area contributed by atoms with Gasteiger partial charge >= 0.3 is 21.3 Å². The monoisotopic (exact) mass is 461 g/mol. The minimum Gasteiger partial charge on any atom is -0.743 e. The molecule has 0 aliphatic heterocycles. The molecule has 0 saturated carbocycles. The first kappa shape index (κ1) is 22.1. The van der Waals surface area contributed by atoms with Crippen LogP contribution in [-0.2, 0) is 37.9 Å². The Kier molecular flexibility index (Phi) is 5.85. The molecule has 0 amide bonds. The van der Waals surface area contributed by atoms with Crippen LogP contribution in [0.1, 0.15) is 24.0 Å². The zero-order valence-corrected chi connectivity index (χ0v) is 16.8. The van der Waals surface area contributed by atoms with E-state index in [1.807, 2.05) is 0 Å². The Morgan fingerprint density at radius 1 is 0.967 bits per heavy atom. The van der Waals surface area contributed by atoms with Gasteiger partial charge in [0.25, 0.3) is 0 Å². The number of para-hydroxylation sites is 1. The number of fused-ring (bicyclic) bond motifs is 1. The van der Waals surface area contributed by atoms with Crippen LogP contribution in [-0.4, -0.2) is 32.6 Å². The highest BCUT2D eigenvalue weighted by atomic mass is 32.2. The van der Waals surface area contributed by atoms with Gasteiger partial charge in [-0.1, -0.05) is 18.2 Å². The molecule has 0 heterocycles. The van der Waals surface area contributed by atoms with Crippen molar-refractivity contribution < 1.29 is 43.9 Å². The lowest BCUT2D eigenvalue weighted by atomic mass is 9.92. The Balaban J connectivity index is 1.90. The Morgan fingerprint density at radius 3 is 2.27 bits per heavy atom. The van der Waals surface area contributed by atoms with Crippen molar-refractivity contribution in [1.82, 2.24) is 0 Å². The smallest absolute Gasteiger partial charge is 0.429 e. The fraction of sp³-hybridized carbons (Fsp3) is 0.278. The number of halogens is 2. The summed E-state index contributed by atoms with van der Waals surface area (Å²) in [7, 11) is -11.0. The molecule has 1 aliphatic rings. The summed E-state index contributed by atoms with van der Waals surface area (Å²) in [5, 5.41) is -5.40. The minimum atomic E-state index is -6.37. The lowest BCUT2D eigenvalue weighted by Gasteiger charge is -2.19. The average Bonchev–Trinajstić information content (AvgIpc) is 2.67. The van der Waals surface area contributed by atoms with Gasteiger partial charge < -0.3 is 13.5 Å². The maximum Gasteiger partial charge on any atom is 0.429 e. The van der Waals surface area contributed by atoms with E-state index >= 15 is 0 Å². The van der Waals surface area contributed by atoms with E-state index in [0.29, 0.717) is 0 Å². The van der Waals surface area contributed by atoms with Gasteiger partial charge in [-0.25, -0.2) is 13.2 Å². The van der Waals surface area contributed by atoms with Gasteiger partial charge in [0.05, 0.1) is 0 Å². The Labute approximate surface area is 171 Å². The number of hydrogen-bond donors (Lipinski definition) is 0. The molecule has 0 fully saturated rings. The standard InChI is InChI=1S/C18H16F2O8S2/c19-18(20,30(24,25)26)17(21)27-15-7-3-4-8-16(15)29(22,23)28-14-10-9-12-5-1-2-6-13(12)11-14/h3-4,7-11H,1-2,5-6H2,(H,24,25,26)/p-1. The molecule has 0 saturated heterocycles. The molecule has 0 atom stereocenters. The maximum atomic E-state index is 13.4. The Bertz CT molecular complexity index is 1190. The molecule has 0 spiro atoms. The summed E-state index contributed by atoms with van der Waals surface area (Å²) < 4.78 is 93.0. The summed E-state index contributed by atoms with van der Waals surface area (Å²) in [6.45, 7) is 0. The third-order valence-electron chi connectivity index (χ3n) is 4.40. The van der Waals surface area contributed by atoms with Crippen molar-refractivity contribution >= 4 is 26.2 Å². The third kappa shape index (κ3) is 4.45. The number of benzene rings is 2. The van der Waals surface area contributed by atoms with Crippen molar-refractivity contribution in [1.29, 1.82) is 0 Å². The molecule has 12 heteroatoms. The Morgan fingerprint density at radius 2 is 1.60 bits per heavy atom. The zero-order chi connectivity index (χ0) is 22.2. The highest BCUT2D eigenvalue weighted by Gasteiger charge is 2.49. The number of aryl methyl sites for hydroxylation is 2. The molecule has 1 aliphatic carbocycles. The molecule has 0 N–H and O–H groups in total.